The predicted octanol–water partition coefficient (Wildman–Crippen LogP) is 2.31. The molecule has 0 saturated carbocycles. The van der Waals surface area contributed by atoms with Crippen LogP contribution in [0.2, 0.25) is 0 Å². The second kappa shape index (κ2) is 5.19. The van der Waals surface area contributed by atoms with Crippen molar-refractivity contribution in [3.05, 3.63) is 16.3 Å². The van der Waals surface area contributed by atoms with Gasteiger partial charge in [-0.25, -0.2) is 9.97 Å². The van der Waals surface area contributed by atoms with Gasteiger partial charge in [-0.2, -0.15) is 0 Å². The largest absolute Gasteiger partial charge is 0.389 e. The lowest BCUT2D eigenvalue weighted by atomic mass is 10.1. The predicted molar refractivity (Wildman–Crippen MR) is 87.0 cm³/mol. The van der Waals surface area contributed by atoms with Crippen LogP contribution >= 0.6 is 11.3 Å². The molecule has 0 spiro atoms. The molecular formula is C15H22N4OS. The number of nitrogens with zero attached hydrogens (tertiary/aromatic N) is 3. The molecule has 0 radical (unpaired) electrons. The molecule has 5 nitrogen and oxygen atoms in total. The Kier molecular flexibility index (Phi) is 3.63. The van der Waals surface area contributed by atoms with Crippen molar-refractivity contribution in [2.45, 2.75) is 39.3 Å². The first-order valence-electron chi connectivity index (χ1n) is 7.29. The molecule has 1 atom stereocenters. The van der Waals surface area contributed by atoms with Gasteiger partial charge in [0.2, 0.25) is 0 Å². The van der Waals surface area contributed by atoms with Gasteiger partial charge in [-0.05, 0) is 32.8 Å². The highest BCUT2D eigenvalue weighted by molar-refractivity contribution is 7.18. The summed E-state index contributed by atoms with van der Waals surface area (Å²) in [6, 6.07) is 0. The Bertz CT molecular complexity index is 680. The van der Waals surface area contributed by atoms with Crippen LogP contribution in [-0.2, 0) is 6.54 Å². The van der Waals surface area contributed by atoms with Crippen LogP contribution in [-0.4, -0.2) is 45.7 Å². The minimum absolute atomic E-state index is 0.577. The van der Waals surface area contributed by atoms with Crippen LogP contribution in [0.5, 0.6) is 0 Å². The summed E-state index contributed by atoms with van der Waals surface area (Å²) in [5.74, 6) is 1.73. The molecule has 0 aliphatic carbocycles. The van der Waals surface area contributed by atoms with E-state index in [1.54, 1.807) is 11.3 Å². The van der Waals surface area contributed by atoms with Crippen molar-refractivity contribution in [2.75, 3.05) is 25.5 Å². The lowest BCUT2D eigenvalue weighted by Gasteiger charge is -2.18. The van der Waals surface area contributed by atoms with Crippen molar-refractivity contribution < 1.29 is 5.11 Å². The van der Waals surface area contributed by atoms with E-state index in [0.717, 1.165) is 34.8 Å². The van der Waals surface area contributed by atoms with Crippen molar-refractivity contribution in [3.8, 4) is 0 Å². The highest BCUT2D eigenvalue weighted by Gasteiger charge is 2.31. The van der Waals surface area contributed by atoms with Gasteiger partial charge in [-0.1, -0.05) is 0 Å². The van der Waals surface area contributed by atoms with Crippen molar-refractivity contribution in [1.29, 1.82) is 0 Å². The third-order valence-electron chi connectivity index (χ3n) is 4.21. The number of anilines is 1. The Morgan fingerprint density at radius 2 is 2.14 bits per heavy atom. The molecule has 2 N–H and O–H groups in total. The number of nitrogens with one attached hydrogen (secondary N) is 1. The lowest BCUT2D eigenvalue weighted by molar-refractivity contribution is 0.0676. The summed E-state index contributed by atoms with van der Waals surface area (Å²) in [7, 11) is 1.90. The normalized spacial score (nSPS) is 23.1. The van der Waals surface area contributed by atoms with Crippen LogP contribution in [0.3, 0.4) is 0 Å². The fourth-order valence-corrected chi connectivity index (χ4v) is 3.97. The van der Waals surface area contributed by atoms with Gasteiger partial charge in [-0.15, -0.1) is 11.3 Å². The van der Waals surface area contributed by atoms with Crippen LogP contribution < -0.4 is 5.32 Å². The Balaban J connectivity index is 1.93. The van der Waals surface area contributed by atoms with E-state index in [1.165, 1.54) is 10.4 Å². The summed E-state index contributed by atoms with van der Waals surface area (Å²) >= 11 is 1.72. The zero-order valence-electron chi connectivity index (χ0n) is 13.0. The van der Waals surface area contributed by atoms with Gasteiger partial charge in [0.05, 0.1) is 17.5 Å². The van der Waals surface area contributed by atoms with Crippen molar-refractivity contribution >= 4 is 27.4 Å². The van der Waals surface area contributed by atoms with E-state index in [-0.39, 0.29) is 0 Å². The van der Waals surface area contributed by atoms with Crippen molar-refractivity contribution in [1.82, 2.24) is 14.9 Å². The van der Waals surface area contributed by atoms with Gasteiger partial charge >= 0.3 is 0 Å². The molecule has 114 valence electrons. The minimum Gasteiger partial charge on any atom is -0.389 e. The number of aryl methyl sites for hydroxylation is 2. The first-order chi connectivity index (χ1) is 9.89. The first kappa shape index (κ1) is 14.7. The van der Waals surface area contributed by atoms with E-state index in [4.69, 9.17) is 4.98 Å². The van der Waals surface area contributed by atoms with Gasteiger partial charge in [-0.3, -0.25) is 4.90 Å². The summed E-state index contributed by atoms with van der Waals surface area (Å²) in [6.07, 6.45) is 0.811. The van der Waals surface area contributed by atoms with Gasteiger partial charge in [0.15, 0.2) is 0 Å². The molecule has 1 saturated heterocycles. The average molecular weight is 306 g/mol. The van der Waals surface area contributed by atoms with E-state index in [0.29, 0.717) is 13.1 Å². The monoisotopic (exact) mass is 306 g/mol. The fourth-order valence-electron chi connectivity index (χ4n) is 2.92. The SMILES string of the molecule is CNc1nc(CN2CCC(C)(O)C2)nc2sc(C)c(C)c12. The molecule has 2 aromatic heterocycles. The van der Waals surface area contributed by atoms with Crippen LogP contribution in [0.1, 0.15) is 29.6 Å². The highest BCUT2D eigenvalue weighted by atomic mass is 32.1. The minimum atomic E-state index is -0.577. The average Bonchev–Trinajstić information content (AvgIpc) is 2.89. The summed E-state index contributed by atoms with van der Waals surface area (Å²) in [6.45, 7) is 8.41. The van der Waals surface area contributed by atoms with Crippen molar-refractivity contribution in [3.63, 3.8) is 0 Å². The number of likely N-dealkylation sites (tertiary alicyclic amines) is 1. The highest BCUT2D eigenvalue weighted by Crippen LogP contribution is 2.33. The van der Waals surface area contributed by atoms with Crippen LogP contribution in [0.15, 0.2) is 0 Å². The van der Waals surface area contributed by atoms with E-state index in [9.17, 15) is 5.11 Å². The summed E-state index contributed by atoms with van der Waals surface area (Å²) < 4.78 is 0. The van der Waals surface area contributed by atoms with E-state index in [2.05, 4.69) is 29.0 Å². The summed E-state index contributed by atoms with van der Waals surface area (Å²) in [5.41, 5.74) is 0.682. The third kappa shape index (κ3) is 2.75. The number of hydrogen-bond donors (Lipinski definition) is 2. The maximum absolute atomic E-state index is 10.1. The summed E-state index contributed by atoms with van der Waals surface area (Å²) in [5, 5.41) is 14.4. The number of hydrogen-bond acceptors (Lipinski definition) is 6. The van der Waals surface area contributed by atoms with Gasteiger partial charge in [0.25, 0.3) is 0 Å². The number of aliphatic hydroxyl groups is 1. The number of fused-ring (bicyclic) bond motifs is 1. The molecule has 0 bridgehead atoms. The molecule has 1 unspecified atom stereocenters. The van der Waals surface area contributed by atoms with Gasteiger partial charge < -0.3 is 10.4 Å². The molecule has 0 aromatic carbocycles. The molecule has 6 heteroatoms. The Morgan fingerprint density at radius 1 is 1.38 bits per heavy atom. The maximum Gasteiger partial charge on any atom is 0.146 e. The molecule has 21 heavy (non-hydrogen) atoms. The molecule has 0 amide bonds. The first-order valence-corrected chi connectivity index (χ1v) is 8.10. The molecule has 1 fully saturated rings. The third-order valence-corrected chi connectivity index (χ3v) is 5.31. The van der Waals surface area contributed by atoms with Crippen LogP contribution in [0.25, 0.3) is 10.2 Å². The molecule has 1 aliphatic rings. The maximum atomic E-state index is 10.1. The molecule has 3 heterocycles. The topological polar surface area (TPSA) is 61.3 Å². The smallest absolute Gasteiger partial charge is 0.146 e. The Morgan fingerprint density at radius 3 is 2.76 bits per heavy atom. The standard InChI is InChI=1S/C15H22N4OS/c1-9-10(2)21-14-12(9)13(16-4)17-11(18-14)7-19-6-5-15(3,20)8-19/h20H,5-8H2,1-4H3,(H,16,17,18). The molecule has 1 aliphatic heterocycles. The summed E-state index contributed by atoms with van der Waals surface area (Å²) in [4.78, 5) is 13.9. The zero-order valence-corrected chi connectivity index (χ0v) is 13.8. The fraction of sp³-hybridized carbons (Fsp3) is 0.600. The quantitative estimate of drug-likeness (QED) is 0.911. The van der Waals surface area contributed by atoms with Gasteiger partial charge in [0.1, 0.15) is 16.5 Å². The molecule has 2 aromatic rings. The number of rotatable bonds is 3. The molecular weight excluding hydrogens is 284 g/mol. The van der Waals surface area contributed by atoms with E-state index in [1.807, 2.05) is 14.0 Å². The second-order valence-electron chi connectivity index (χ2n) is 6.16. The second-order valence-corrected chi connectivity index (χ2v) is 7.36. The van der Waals surface area contributed by atoms with Crippen LogP contribution in [0, 0.1) is 13.8 Å². The zero-order chi connectivity index (χ0) is 15.2. The number of thiophene rings is 1. The molecule has 3 rings (SSSR count). The lowest BCUT2D eigenvalue weighted by Crippen LogP contribution is -2.29. The number of β-amino-alcohol motifs (C(OH)–C–C–N with tert-alkyl or cyclic N) is 1. The number of aromatic nitrogens is 2. The van der Waals surface area contributed by atoms with Crippen LogP contribution in [0.4, 0.5) is 5.82 Å². The van der Waals surface area contributed by atoms with Crippen molar-refractivity contribution in [2.24, 2.45) is 0 Å². The van der Waals surface area contributed by atoms with Gasteiger partial charge in [0, 0.05) is 25.0 Å². The Labute approximate surface area is 129 Å². The Hall–Kier alpha value is -1.24. The van der Waals surface area contributed by atoms with E-state index >= 15 is 0 Å². The van der Waals surface area contributed by atoms with E-state index < -0.39 is 5.60 Å².